The number of benzene rings is 4. The van der Waals surface area contributed by atoms with Crippen LogP contribution in [0.1, 0.15) is 83.3 Å². The maximum atomic E-state index is 12.9. The maximum Gasteiger partial charge on any atom is 0.319 e. The molecule has 0 aliphatic heterocycles. The first-order chi connectivity index (χ1) is 23.2. The number of esters is 1. The van der Waals surface area contributed by atoms with Crippen LogP contribution in [0.2, 0.25) is 5.04 Å². The highest BCUT2D eigenvalue weighted by Gasteiger charge is 2.53. The van der Waals surface area contributed by atoms with Crippen molar-refractivity contribution >= 4 is 30.7 Å². The third-order valence-corrected chi connectivity index (χ3v) is 16.8. The minimum atomic E-state index is -2.65. The molecule has 48 heavy (non-hydrogen) atoms. The zero-order valence-electron chi connectivity index (χ0n) is 28.7. The quantitative estimate of drug-likeness (QED) is 0.0782. The van der Waals surface area contributed by atoms with Crippen molar-refractivity contribution in [2.45, 2.75) is 82.6 Å². The molecule has 0 aromatic heterocycles. The molecule has 5 aliphatic rings. The van der Waals surface area contributed by atoms with E-state index >= 15 is 0 Å². The average Bonchev–Trinajstić information content (AvgIpc) is 3.93. The van der Waals surface area contributed by atoms with E-state index in [2.05, 4.69) is 130 Å². The number of ether oxygens (including phenoxy) is 1. The van der Waals surface area contributed by atoms with Gasteiger partial charge in [-0.05, 0) is 125 Å². The van der Waals surface area contributed by atoms with Crippen LogP contribution in [0.25, 0.3) is 17.2 Å². The first-order valence-electron chi connectivity index (χ1n) is 18.1. The van der Waals surface area contributed by atoms with Crippen LogP contribution < -0.4 is 15.1 Å². The van der Waals surface area contributed by atoms with Gasteiger partial charge in [0.25, 0.3) is 0 Å². The van der Waals surface area contributed by atoms with E-state index in [0.29, 0.717) is 0 Å². The monoisotopic (exact) mass is 652 g/mol. The molecule has 9 rings (SSSR count). The summed E-state index contributed by atoms with van der Waals surface area (Å²) < 4.78 is 13.2. The summed E-state index contributed by atoms with van der Waals surface area (Å²) >= 11 is 0. The molecule has 5 fully saturated rings. The molecule has 0 spiro atoms. The number of carbonyl (C=O) groups is 1. The third-order valence-electron chi connectivity index (χ3n) is 11.9. The van der Waals surface area contributed by atoms with Crippen molar-refractivity contribution in [2.24, 2.45) is 23.7 Å². The molecule has 5 aliphatic carbocycles. The Bertz CT molecular complexity index is 1720. The van der Waals surface area contributed by atoms with E-state index in [1.807, 2.05) is 6.26 Å². The fourth-order valence-corrected chi connectivity index (χ4v) is 14.1. The summed E-state index contributed by atoms with van der Waals surface area (Å²) in [7, 11) is -2.65. The molecule has 4 heteroatoms. The van der Waals surface area contributed by atoms with Crippen molar-refractivity contribution in [1.82, 2.24) is 0 Å². The Morgan fingerprint density at radius 1 is 0.729 bits per heavy atom. The summed E-state index contributed by atoms with van der Waals surface area (Å²) in [4.78, 5) is 12.9. The fraction of sp³-hybridized carbons (Fsp3) is 0.386. The molecule has 0 amide bonds. The number of hydrogen-bond acceptors (Lipinski definition) is 3. The summed E-state index contributed by atoms with van der Waals surface area (Å²) in [5.41, 5.74) is 4.92. The highest BCUT2D eigenvalue weighted by Crippen LogP contribution is 2.62. The van der Waals surface area contributed by atoms with E-state index in [1.54, 1.807) is 0 Å². The van der Waals surface area contributed by atoms with Gasteiger partial charge < -0.3 is 9.16 Å². The molecule has 4 aromatic carbocycles. The molecule has 0 radical (unpaired) electrons. The van der Waals surface area contributed by atoms with E-state index in [1.165, 1.54) is 65.6 Å². The van der Waals surface area contributed by atoms with Gasteiger partial charge in [-0.15, -0.1) is 0 Å². The van der Waals surface area contributed by atoms with Crippen LogP contribution >= 0.6 is 0 Å². The van der Waals surface area contributed by atoms with Crippen molar-refractivity contribution in [2.75, 3.05) is 0 Å². The second-order valence-corrected chi connectivity index (χ2v) is 20.6. The lowest BCUT2D eigenvalue weighted by molar-refractivity contribution is -0.135. The Morgan fingerprint density at radius 2 is 1.27 bits per heavy atom. The number of carbonyl (C=O) groups excluding carboxylic acids is 1. The average molecular weight is 653 g/mol. The Balaban J connectivity index is 1.08. The zero-order chi connectivity index (χ0) is 32.9. The van der Waals surface area contributed by atoms with E-state index in [9.17, 15) is 4.79 Å². The Hall–Kier alpha value is -3.89. The lowest BCUT2D eigenvalue weighted by Crippen LogP contribution is -2.65. The zero-order valence-corrected chi connectivity index (χ0v) is 29.7. The molecule has 0 atom stereocenters. The van der Waals surface area contributed by atoms with Crippen molar-refractivity contribution in [1.29, 1.82) is 0 Å². The Labute approximate surface area is 287 Å². The molecule has 4 aromatic rings. The van der Waals surface area contributed by atoms with Crippen LogP contribution in [0, 0.1) is 23.7 Å². The minimum Gasteiger partial charge on any atom is -0.540 e. The fourth-order valence-electron chi connectivity index (χ4n) is 9.86. The van der Waals surface area contributed by atoms with Gasteiger partial charge in [-0.1, -0.05) is 112 Å². The highest BCUT2D eigenvalue weighted by atomic mass is 28.4. The summed E-state index contributed by atoms with van der Waals surface area (Å²) in [5, 5.41) is 2.45. The van der Waals surface area contributed by atoms with Gasteiger partial charge in [0, 0.05) is 5.56 Å². The van der Waals surface area contributed by atoms with Gasteiger partial charge in [0.2, 0.25) is 0 Å². The van der Waals surface area contributed by atoms with Gasteiger partial charge >= 0.3 is 14.3 Å². The second-order valence-electron chi connectivity index (χ2n) is 16.3. The van der Waals surface area contributed by atoms with Crippen LogP contribution in [-0.4, -0.2) is 14.3 Å². The number of hydrogen-bond donors (Lipinski definition) is 0. The molecular formula is C44H48O3Si. The van der Waals surface area contributed by atoms with E-state index in [-0.39, 0.29) is 22.3 Å². The highest BCUT2D eigenvalue weighted by molar-refractivity contribution is 6.99. The van der Waals surface area contributed by atoms with Gasteiger partial charge in [0.05, 0.1) is 12.2 Å². The lowest BCUT2D eigenvalue weighted by Gasteiger charge is -2.57. The first kappa shape index (κ1) is 31.4. The van der Waals surface area contributed by atoms with Gasteiger partial charge in [0.1, 0.15) is 5.75 Å². The largest absolute Gasteiger partial charge is 0.540 e. The molecule has 0 N–H and O–H groups in total. The van der Waals surface area contributed by atoms with Gasteiger partial charge in [-0.25, -0.2) is 0 Å². The van der Waals surface area contributed by atoms with Crippen LogP contribution in [0.3, 0.4) is 0 Å². The van der Waals surface area contributed by atoms with Crippen LogP contribution in [-0.2, 0) is 14.6 Å². The molecule has 0 heterocycles. The van der Waals surface area contributed by atoms with Crippen molar-refractivity contribution in [3.63, 3.8) is 0 Å². The van der Waals surface area contributed by atoms with Crippen LogP contribution in [0.5, 0.6) is 5.75 Å². The maximum absolute atomic E-state index is 12.9. The number of rotatable bonds is 9. The van der Waals surface area contributed by atoms with Gasteiger partial charge in [-0.3, -0.25) is 4.79 Å². The van der Waals surface area contributed by atoms with Crippen molar-refractivity contribution < 1.29 is 14.0 Å². The van der Waals surface area contributed by atoms with Gasteiger partial charge in [-0.2, -0.15) is 0 Å². The summed E-state index contributed by atoms with van der Waals surface area (Å²) in [5.74, 6) is 3.34. The third kappa shape index (κ3) is 5.76. The van der Waals surface area contributed by atoms with E-state index in [0.717, 1.165) is 41.9 Å². The Morgan fingerprint density at radius 3 is 1.79 bits per heavy atom. The topological polar surface area (TPSA) is 35.5 Å². The summed E-state index contributed by atoms with van der Waals surface area (Å²) in [6.45, 7) is 6.91. The molecular weight excluding hydrogens is 605 g/mol. The first-order valence-corrected chi connectivity index (χ1v) is 20.1. The SMILES string of the molecule is CC(C)(C)[Si](OC=Cc1ccc(-c2ccc(OC(=O)C3CC3)c(C34CC5CC(CC(C5)C3)C4)c2)cc1)(c1ccccc1)c1ccccc1. The molecule has 3 nitrogen and oxygen atoms in total. The summed E-state index contributed by atoms with van der Waals surface area (Å²) in [6, 6.07) is 37.0. The lowest BCUT2D eigenvalue weighted by atomic mass is 9.48. The normalized spacial score (nSPS) is 24.9. The molecule has 246 valence electrons. The molecule has 5 saturated carbocycles. The smallest absolute Gasteiger partial charge is 0.319 e. The van der Waals surface area contributed by atoms with E-state index in [4.69, 9.17) is 9.16 Å². The van der Waals surface area contributed by atoms with E-state index < -0.39 is 8.32 Å². The Kier molecular flexibility index (Phi) is 7.98. The van der Waals surface area contributed by atoms with Crippen molar-refractivity contribution in [3.05, 3.63) is 121 Å². The predicted molar refractivity (Wildman–Crippen MR) is 198 cm³/mol. The standard InChI is InChI=1S/C44H48O3Si/c1-43(2,3)48(38-10-6-4-7-11-38,39-12-8-5-9-13-39)46-23-22-31-14-16-35(17-15-31)37-20-21-41(47-42(45)36-18-19-36)40(27-37)44-28-32-24-33(29-44)26-34(25-32)30-44/h4-17,20-23,27,32-34,36H,18-19,24-26,28-30H2,1-3H3. The molecule has 0 saturated heterocycles. The van der Waals surface area contributed by atoms with Crippen molar-refractivity contribution in [3.8, 4) is 16.9 Å². The molecule has 4 bridgehead atoms. The van der Waals surface area contributed by atoms with Crippen LogP contribution in [0.15, 0.2) is 109 Å². The van der Waals surface area contributed by atoms with Gasteiger partial charge in [0.15, 0.2) is 0 Å². The van der Waals surface area contributed by atoms with Crippen LogP contribution in [0.4, 0.5) is 0 Å². The summed E-state index contributed by atoms with van der Waals surface area (Å²) in [6.07, 6.45) is 13.9. The molecule has 0 unspecified atom stereocenters. The predicted octanol–water partition coefficient (Wildman–Crippen LogP) is 9.68. The minimum absolute atomic E-state index is 0.0369. The second kappa shape index (κ2) is 12.2.